The quantitative estimate of drug-likeness (QED) is 0.554. The van der Waals surface area contributed by atoms with Gasteiger partial charge in [0.2, 0.25) is 5.90 Å². The number of methoxy groups -OCH3 is 1. The number of cyclic esters (lactones) is 1. The molecule has 0 radical (unpaired) electrons. The molecule has 0 amide bonds. The zero-order valence-corrected chi connectivity index (χ0v) is 9.38. The van der Waals surface area contributed by atoms with Crippen LogP contribution in [0.3, 0.4) is 0 Å². The van der Waals surface area contributed by atoms with Gasteiger partial charge in [-0.25, -0.2) is 4.99 Å². The molecule has 0 aromatic heterocycles. The van der Waals surface area contributed by atoms with Gasteiger partial charge in [-0.05, 0) is 6.92 Å². The Morgan fingerprint density at radius 1 is 1.50 bits per heavy atom. The highest BCUT2D eigenvalue weighted by Gasteiger charge is 2.49. The third kappa shape index (κ3) is 1.61. The maximum atomic E-state index is 11.2. The average Bonchev–Trinajstić information content (AvgIpc) is 2.02. The predicted molar refractivity (Wildman–Crippen MR) is 53.3 cm³/mol. The Kier molecular flexibility index (Phi) is 2.56. The highest BCUT2D eigenvalue weighted by molar-refractivity contribution is 5.92. The molecule has 1 rings (SSSR count). The summed E-state index contributed by atoms with van der Waals surface area (Å²) in [5, 5.41) is 0. The Morgan fingerprint density at radius 2 is 2.07 bits per heavy atom. The number of hydrogen-bond acceptors (Lipinski definition) is 4. The van der Waals surface area contributed by atoms with Crippen molar-refractivity contribution in [3.05, 3.63) is 0 Å². The Balaban J connectivity index is 3.11. The van der Waals surface area contributed by atoms with Gasteiger partial charge < -0.3 is 9.47 Å². The van der Waals surface area contributed by atoms with Gasteiger partial charge >= 0.3 is 5.97 Å². The summed E-state index contributed by atoms with van der Waals surface area (Å²) in [6.45, 7) is 7.83. The lowest BCUT2D eigenvalue weighted by atomic mass is 9.77. The fraction of sp³-hybridized carbons (Fsp3) is 0.800. The van der Waals surface area contributed by atoms with Crippen molar-refractivity contribution >= 4 is 11.9 Å². The molecule has 4 nitrogen and oxygen atoms in total. The fourth-order valence-electron chi connectivity index (χ4n) is 1.32. The normalized spacial score (nSPS) is 28.1. The van der Waals surface area contributed by atoms with Gasteiger partial charge in [0, 0.05) is 5.41 Å². The van der Waals surface area contributed by atoms with Gasteiger partial charge in [-0.15, -0.1) is 0 Å². The Labute approximate surface area is 84.3 Å². The molecule has 1 aliphatic heterocycles. The van der Waals surface area contributed by atoms with E-state index in [0.717, 1.165) is 0 Å². The van der Waals surface area contributed by atoms with E-state index in [2.05, 4.69) is 4.99 Å². The number of esters is 1. The molecule has 0 saturated heterocycles. The van der Waals surface area contributed by atoms with E-state index in [1.54, 1.807) is 7.11 Å². The molecule has 80 valence electrons. The van der Waals surface area contributed by atoms with Crippen LogP contribution in [0.25, 0.3) is 0 Å². The van der Waals surface area contributed by atoms with Crippen molar-refractivity contribution in [1.82, 2.24) is 0 Å². The zero-order chi connectivity index (χ0) is 11.0. The Bertz CT molecular complexity index is 278. The molecule has 0 bridgehead atoms. The summed E-state index contributed by atoms with van der Waals surface area (Å²) in [6, 6.07) is 0. The average molecular weight is 199 g/mol. The van der Waals surface area contributed by atoms with Crippen LogP contribution in [0.4, 0.5) is 0 Å². The SMILES string of the molecule is COC1=NCC(=O)OC1(C)C(C)(C)C. The minimum atomic E-state index is -0.767. The van der Waals surface area contributed by atoms with Gasteiger partial charge in [0.05, 0.1) is 7.11 Å². The van der Waals surface area contributed by atoms with E-state index < -0.39 is 5.60 Å². The number of aliphatic imine (C=N–C) groups is 1. The molecule has 4 heteroatoms. The van der Waals surface area contributed by atoms with E-state index in [4.69, 9.17) is 9.47 Å². The maximum Gasteiger partial charge on any atom is 0.328 e. The molecule has 0 fully saturated rings. The first kappa shape index (κ1) is 11.0. The molecule has 0 aromatic rings. The summed E-state index contributed by atoms with van der Waals surface area (Å²) in [6.07, 6.45) is 0. The van der Waals surface area contributed by atoms with Crippen LogP contribution < -0.4 is 0 Å². The summed E-state index contributed by atoms with van der Waals surface area (Å²) in [7, 11) is 1.54. The van der Waals surface area contributed by atoms with Crippen LogP contribution in [0, 0.1) is 5.41 Å². The third-order valence-electron chi connectivity index (χ3n) is 2.70. The second-order valence-electron chi connectivity index (χ2n) is 4.58. The maximum absolute atomic E-state index is 11.2. The van der Waals surface area contributed by atoms with E-state index in [1.807, 2.05) is 27.7 Å². The molecule has 0 aliphatic carbocycles. The standard InChI is InChI=1S/C10H17NO3/c1-9(2,3)10(4)8(13-5)11-6-7(12)14-10/h6H2,1-5H3. The van der Waals surface area contributed by atoms with Crippen molar-refractivity contribution in [2.75, 3.05) is 13.7 Å². The minimum Gasteiger partial charge on any atom is -0.481 e. The highest BCUT2D eigenvalue weighted by Crippen LogP contribution is 2.36. The van der Waals surface area contributed by atoms with Crippen LogP contribution in [-0.2, 0) is 14.3 Å². The molecule has 1 aliphatic rings. The molecule has 0 aromatic carbocycles. The van der Waals surface area contributed by atoms with Crippen LogP contribution in [0.15, 0.2) is 4.99 Å². The molecule has 1 heterocycles. The molecule has 0 N–H and O–H groups in total. The molecule has 0 saturated carbocycles. The Hall–Kier alpha value is -1.06. The molecular weight excluding hydrogens is 182 g/mol. The zero-order valence-electron chi connectivity index (χ0n) is 9.38. The van der Waals surface area contributed by atoms with Gasteiger partial charge in [-0.2, -0.15) is 0 Å². The number of carbonyl (C=O) groups is 1. The highest BCUT2D eigenvalue weighted by atomic mass is 16.6. The van der Waals surface area contributed by atoms with Gasteiger partial charge in [0.1, 0.15) is 6.54 Å². The predicted octanol–water partition coefficient (Wildman–Crippen LogP) is 1.39. The lowest BCUT2D eigenvalue weighted by Crippen LogP contribution is -2.54. The monoisotopic (exact) mass is 199 g/mol. The van der Waals surface area contributed by atoms with Crippen LogP contribution in [0.5, 0.6) is 0 Å². The smallest absolute Gasteiger partial charge is 0.328 e. The van der Waals surface area contributed by atoms with E-state index in [9.17, 15) is 4.79 Å². The van der Waals surface area contributed by atoms with Crippen molar-refractivity contribution in [3.63, 3.8) is 0 Å². The van der Waals surface area contributed by atoms with Crippen LogP contribution in [0.2, 0.25) is 0 Å². The van der Waals surface area contributed by atoms with Crippen LogP contribution in [0.1, 0.15) is 27.7 Å². The molecule has 1 unspecified atom stereocenters. The van der Waals surface area contributed by atoms with Crippen molar-refractivity contribution in [3.8, 4) is 0 Å². The van der Waals surface area contributed by atoms with Crippen molar-refractivity contribution in [2.24, 2.45) is 10.4 Å². The molecule has 14 heavy (non-hydrogen) atoms. The van der Waals surface area contributed by atoms with Crippen molar-refractivity contribution in [1.29, 1.82) is 0 Å². The third-order valence-corrected chi connectivity index (χ3v) is 2.70. The molecule has 0 spiro atoms. The van der Waals surface area contributed by atoms with Gasteiger partial charge in [-0.3, -0.25) is 4.79 Å². The van der Waals surface area contributed by atoms with E-state index in [0.29, 0.717) is 5.90 Å². The number of hydrogen-bond donors (Lipinski definition) is 0. The summed E-state index contributed by atoms with van der Waals surface area (Å²) in [5.41, 5.74) is -1.00. The largest absolute Gasteiger partial charge is 0.481 e. The van der Waals surface area contributed by atoms with Crippen LogP contribution >= 0.6 is 0 Å². The molecule has 1 atom stereocenters. The lowest BCUT2D eigenvalue weighted by molar-refractivity contribution is -0.162. The van der Waals surface area contributed by atoms with Gasteiger partial charge in [0.15, 0.2) is 5.60 Å². The number of carbonyl (C=O) groups excluding carboxylic acids is 1. The Morgan fingerprint density at radius 3 is 2.50 bits per heavy atom. The second kappa shape index (κ2) is 3.26. The van der Waals surface area contributed by atoms with E-state index in [-0.39, 0.29) is 17.9 Å². The van der Waals surface area contributed by atoms with Gasteiger partial charge in [0.25, 0.3) is 0 Å². The lowest BCUT2D eigenvalue weighted by Gasteiger charge is -2.42. The van der Waals surface area contributed by atoms with E-state index in [1.165, 1.54) is 0 Å². The summed E-state index contributed by atoms with van der Waals surface area (Å²) in [5.74, 6) is 0.188. The minimum absolute atomic E-state index is 0.0504. The van der Waals surface area contributed by atoms with Gasteiger partial charge in [-0.1, -0.05) is 20.8 Å². The number of rotatable bonds is 0. The summed E-state index contributed by atoms with van der Waals surface area (Å²) >= 11 is 0. The molecular formula is C10H17NO3. The van der Waals surface area contributed by atoms with Crippen molar-refractivity contribution < 1.29 is 14.3 Å². The second-order valence-corrected chi connectivity index (χ2v) is 4.58. The number of ether oxygens (including phenoxy) is 2. The van der Waals surface area contributed by atoms with Crippen LogP contribution in [-0.4, -0.2) is 31.1 Å². The first-order valence-corrected chi connectivity index (χ1v) is 4.62. The summed E-state index contributed by atoms with van der Waals surface area (Å²) in [4.78, 5) is 15.3. The first-order chi connectivity index (χ1) is 6.31. The van der Waals surface area contributed by atoms with E-state index >= 15 is 0 Å². The first-order valence-electron chi connectivity index (χ1n) is 4.62. The fourth-order valence-corrected chi connectivity index (χ4v) is 1.32. The summed E-state index contributed by atoms with van der Waals surface area (Å²) < 4.78 is 10.5. The topological polar surface area (TPSA) is 47.9 Å². The van der Waals surface area contributed by atoms with Crippen molar-refractivity contribution in [2.45, 2.75) is 33.3 Å². The number of nitrogens with zero attached hydrogens (tertiary/aromatic N) is 1.